The van der Waals surface area contributed by atoms with E-state index in [2.05, 4.69) is 50.9 Å². The standard InChI is InChI=1S/C18H30N2/c1-13-6-5-7-16(10-13)20(4)18(12-19)17-11-14(2)8-9-15(17)3/h8-9,11,13,16,18H,5-7,10,12,19H2,1-4H3. The minimum Gasteiger partial charge on any atom is -0.329 e. The topological polar surface area (TPSA) is 29.3 Å². The maximum absolute atomic E-state index is 6.12. The Morgan fingerprint density at radius 1 is 1.30 bits per heavy atom. The third kappa shape index (κ3) is 3.42. The lowest BCUT2D eigenvalue weighted by molar-refractivity contribution is 0.121. The molecule has 0 amide bonds. The van der Waals surface area contributed by atoms with Gasteiger partial charge in [-0.15, -0.1) is 0 Å². The molecule has 2 nitrogen and oxygen atoms in total. The van der Waals surface area contributed by atoms with Crippen molar-refractivity contribution in [2.75, 3.05) is 13.6 Å². The number of likely N-dealkylation sites (N-methyl/N-ethyl adjacent to an activating group) is 1. The van der Waals surface area contributed by atoms with Crippen molar-refractivity contribution in [2.24, 2.45) is 11.7 Å². The zero-order valence-electron chi connectivity index (χ0n) is 13.5. The van der Waals surface area contributed by atoms with E-state index in [0.717, 1.165) is 5.92 Å². The Kier molecular flexibility index (Phi) is 5.22. The summed E-state index contributed by atoms with van der Waals surface area (Å²) in [7, 11) is 2.27. The number of hydrogen-bond acceptors (Lipinski definition) is 2. The summed E-state index contributed by atoms with van der Waals surface area (Å²) in [5, 5.41) is 0. The predicted octanol–water partition coefficient (Wildman–Crippen LogP) is 3.81. The fraction of sp³-hybridized carbons (Fsp3) is 0.667. The maximum Gasteiger partial charge on any atom is 0.0473 e. The Morgan fingerprint density at radius 3 is 2.70 bits per heavy atom. The van der Waals surface area contributed by atoms with E-state index in [9.17, 15) is 0 Å². The van der Waals surface area contributed by atoms with Crippen LogP contribution in [0.4, 0.5) is 0 Å². The van der Waals surface area contributed by atoms with Crippen LogP contribution in [0.3, 0.4) is 0 Å². The van der Waals surface area contributed by atoms with Gasteiger partial charge in [0.1, 0.15) is 0 Å². The summed E-state index contributed by atoms with van der Waals surface area (Å²) in [5.74, 6) is 0.855. The lowest BCUT2D eigenvalue weighted by Crippen LogP contribution is -2.41. The molecule has 1 fully saturated rings. The lowest BCUT2D eigenvalue weighted by atomic mass is 9.85. The van der Waals surface area contributed by atoms with Crippen LogP contribution in [0, 0.1) is 19.8 Å². The van der Waals surface area contributed by atoms with Crippen molar-refractivity contribution in [3.05, 3.63) is 34.9 Å². The zero-order valence-corrected chi connectivity index (χ0v) is 13.5. The van der Waals surface area contributed by atoms with Crippen molar-refractivity contribution in [3.8, 4) is 0 Å². The van der Waals surface area contributed by atoms with Crippen LogP contribution in [0.15, 0.2) is 18.2 Å². The minimum absolute atomic E-state index is 0.352. The van der Waals surface area contributed by atoms with Crippen LogP contribution in [0.1, 0.15) is 55.3 Å². The normalized spacial score (nSPS) is 24.9. The molecule has 1 aromatic carbocycles. The Hall–Kier alpha value is -0.860. The number of rotatable bonds is 4. The van der Waals surface area contributed by atoms with Gasteiger partial charge in [0.15, 0.2) is 0 Å². The van der Waals surface area contributed by atoms with Gasteiger partial charge < -0.3 is 5.73 Å². The van der Waals surface area contributed by atoms with Gasteiger partial charge in [0.05, 0.1) is 0 Å². The van der Waals surface area contributed by atoms with Crippen molar-refractivity contribution < 1.29 is 0 Å². The molecule has 0 aliphatic heterocycles. The zero-order chi connectivity index (χ0) is 14.7. The molecule has 112 valence electrons. The molecule has 0 bridgehead atoms. The van der Waals surface area contributed by atoms with Crippen molar-refractivity contribution in [1.82, 2.24) is 4.90 Å². The molecule has 20 heavy (non-hydrogen) atoms. The van der Waals surface area contributed by atoms with Gasteiger partial charge in [-0.05, 0) is 50.8 Å². The highest BCUT2D eigenvalue weighted by molar-refractivity contribution is 5.33. The SMILES string of the molecule is Cc1ccc(C)c(C(CN)N(C)C2CCCC(C)C2)c1. The molecule has 3 atom stereocenters. The number of hydrogen-bond donors (Lipinski definition) is 1. The van der Waals surface area contributed by atoms with E-state index >= 15 is 0 Å². The minimum atomic E-state index is 0.352. The first-order valence-corrected chi connectivity index (χ1v) is 8.02. The second-order valence-corrected chi connectivity index (χ2v) is 6.70. The van der Waals surface area contributed by atoms with Crippen LogP contribution >= 0.6 is 0 Å². The number of benzene rings is 1. The van der Waals surface area contributed by atoms with E-state index in [1.54, 1.807) is 0 Å². The summed E-state index contributed by atoms with van der Waals surface area (Å²) in [4.78, 5) is 2.54. The number of nitrogens with zero attached hydrogens (tertiary/aromatic N) is 1. The third-order valence-electron chi connectivity index (χ3n) is 4.99. The van der Waals surface area contributed by atoms with E-state index in [1.807, 2.05) is 0 Å². The van der Waals surface area contributed by atoms with E-state index < -0.39 is 0 Å². The smallest absolute Gasteiger partial charge is 0.0473 e. The molecule has 2 rings (SSSR count). The quantitative estimate of drug-likeness (QED) is 0.904. The fourth-order valence-corrected chi connectivity index (χ4v) is 3.66. The summed E-state index contributed by atoms with van der Waals surface area (Å²) in [6.07, 6.45) is 5.39. The van der Waals surface area contributed by atoms with Gasteiger partial charge >= 0.3 is 0 Å². The molecule has 2 N–H and O–H groups in total. The van der Waals surface area contributed by atoms with E-state index in [4.69, 9.17) is 5.73 Å². The summed E-state index contributed by atoms with van der Waals surface area (Å²) in [6.45, 7) is 7.45. The Bertz CT molecular complexity index is 441. The van der Waals surface area contributed by atoms with Gasteiger partial charge in [0.2, 0.25) is 0 Å². The fourth-order valence-electron chi connectivity index (χ4n) is 3.66. The summed E-state index contributed by atoms with van der Waals surface area (Å²) < 4.78 is 0. The van der Waals surface area contributed by atoms with Crippen LogP contribution < -0.4 is 5.73 Å². The molecule has 1 saturated carbocycles. The molecule has 0 saturated heterocycles. The Balaban J connectivity index is 2.20. The van der Waals surface area contributed by atoms with Gasteiger partial charge in [0, 0.05) is 18.6 Å². The molecule has 0 spiro atoms. The first kappa shape index (κ1) is 15.5. The van der Waals surface area contributed by atoms with Crippen molar-refractivity contribution in [1.29, 1.82) is 0 Å². The molecule has 1 aromatic rings. The second-order valence-electron chi connectivity index (χ2n) is 6.70. The average molecular weight is 274 g/mol. The average Bonchev–Trinajstić information content (AvgIpc) is 2.43. The number of nitrogens with two attached hydrogens (primary N) is 1. The van der Waals surface area contributed by atoms with Crippen LogP contribution in [-0.2, 0) is 0 Å². The van der Waals surface area contributed by atoms with Gasteiger partial charge in [-0.2, -0.15) is 0 Å². The Morgan fingerprint density at radius 2 is 2.05 bits per heavy atom. The molecule has 1 aliphatic carbocycles. The first-order valence-electron chi connectivity index (χ1n) is 8.02. The number of aryl methyl sites for hydroxylation is 2. The second kappa shape index (κ2) is 6.73. The van der Waals surface area contributed by atoms with E-state index in [-0.39, 0.29) is 0 Å². The highest BCUT2D eigenvalue weighted by Crippen LogP contribution is 2.32. The monoisotopic (exact) mass is 274 g/mol. The highest BCUT2D eigenvalue weighted by Gasteiger charge is 2.27. The van der Waals surface area contributed by atoms with Crippen LogP contribution in [-0.4, -0.2) is 24.5 Å². The first-order chi connectivity index (χ1) is 9.52. The van der Waals surface area contributed by atoms with Crippen LogP contribution in [0.25, 0.3) is 0 Å². The molecule has 0 radical (unpaired) electrons. The van der Waals surface area contributed by atoms with Crippen LogP contribution in [0.2, 0.25) is 0 Å². The van der Waals surface area contributed by atoms with E-state index in [0.29, 0.717) is 18.6 Å². The van der Waals surface area contributed by atoms with Crippen molar-refractivity contribution in [2.45, 2.75) is 58.5 Å². The van der Waals surface area contributed by atoms with Crippen molar-refractivity contribution in [3.63, 3.8) is 0 Å². The van der Waals surface area contributed by atoms with Crippen molar-refractivity contribution >= 4 is 0 Å². The maximum atomic E-state index is 6.12. The van der Waals surface area contributed by atoms with E-state index in [1.165, 1.54) is 42.4 Å². The third-order valence-corrected chi connectivity index (χ3v) is 4.99. The van der Waals surface area contributed by atoms with Gasteiger partial charge in [-0.25, -0.2) is 0 Å². The van der Waals surface area contributed by atoms with Gasteiger partial charge in [-0.1, -0.05) is 43.5 Å². The molecule has 1 aliphatic rings. The Labute approximate surface area is 124 Å². The summed E-state index contributed by atoms with van der Waals surface area (Å²) in [5.41, 5.74) is 10.2. The van der Waals surface area contributed by atoms with Gasteiger partial charge in [0.25, 0.3) is 0 Å². The summed E-state index contributed by atoms with van der Waals surface area (Å²) >= 11 is 0. The van der Waals surface area contributed by atoms with Gasteiger partial charge in [-0.3, -0.25) is 4.90 Å². The lowest BCUT2D eigenvalue weighted by Gasteiger charge is -2.39. The molecule has 2 heteroatoms. The molecular weight excluding hydrogens is 244 g/mol. The molecule has 0 aromatic heterocycles. The molecule has 3 unspecified atom stereocenters. The predicted molar refractivity (Wildman–Crippen MR) is 86.9 cm³/mol. The highest BCUT2D eigenvalue weighted by atomic mass is 15.2. The summed E-state index contributed by atoms with van der Waals surface area (Å²) in [6, 6.07) is 7.77. The molecular formula is C18H30N2. The van der Waals surface area contributed by atoms with Crippen LogP contribution in [0.5, 0.6) is 0 Å². The molecule has 0 heterocycles. The largest absolute Gasteiger partial charge is 0.329 e.